The second kappa shape index (κ2) is 7.74. The third-order valence-corrected chi connectivity index (χ3v) is 2.67. The number of anilines is 1. The average molecular weight is 264 g/mol. The van der Waals surface area contributed by atoms with Gasteiger partial charge < -0.3 is 16.4 Å². The van der Waals surface area contributed by atoms with E-state index < -0.39 is 0 Å². The molecule has 4 N–H and O–H groups in total. The maximum Gasteiger partial charge on any atom is 0.269 e. The molecule has 5 nitrogen and oxygen atoms in total. The Morgan fingerprint density at radius 2 is 2.21 bits per heavy atom. The van der Waals surface area contributed by atoms with Crippen molar-refractivity contribution in [1.29, 1.82) is 0 Å². The smallest absolute Gasteiger partial charge is 0.269 e. The van der Waals surface area contributed by atoms with Gasteiger partial charge >= 0.3 is 0 Å². The van der Waals surface area contributed by atoms with Crippen LogP contribution in [0.4, 0.5) is 5.69 Å². The summed E-state index contributed by atoms with van der Waals surface area (Å²) in [5.41, 5.74) is 7.30. The topological polar surface area (TPSA) is 80.0 Å². The van der Waals surface area contributed by atoms with Crippen LogP contribution in [0.2, 0.25) is 0 Å². The summed E-state index contributed by atoms with van der Waals surface area (Å²) in [6, 6.07) is 3.69. The maximum absolute atomic E-state index is 11.7. The highest BCUT2D eigenvalue weighted by Gasteiger charge is 2.08. The minimum absolute atomic E-state index is 0.112. The summed E-state index contributed by atoms with van der Waals surface area (Å²) in [6.07, 6.45) is 2.60. The first-order chi connectivity index (χ1) is 9.02. The Morgan fingerprint density at radius 3 is 2.84 bits per heavy atom. The first-order valence-electron chi connectivity index (χ1n) is 6.76. The normalized spacial score (nSPS) is 12.3. The molecule has 0 aliphatic carbocycles. The molecule has 106 valence electrons. The van der Waals surface area contributed by atoms with E-state index in [1.54, 1.807) is 12.3 Å². The third kappa shape index (κ3) is 5.70. The fraction of sp³-hybridized carbons (Fsp3) is 0.571. The number of carbonyl (C=O) groups excluding carboxylic acids is 1. The molecule has 1 amide bonds. The number of nitrogens with zero attached hydrogens (tertiary/aromatic N) is 1. The second-order valence-electron chi connectivity index (χ2n) is 5.06. The molecule has 0 aliphatic rings. The number of nitrogens with one attached hydrogen (secondary N) is 2. The highest BCUT2D eigenvalue weighted by atomic mass is 16.1. The van der Waals surface area contributed by atoms with Crippen molar-refractivity contribution in [3.63, 3.8) is 0 Å². The van der Waals surface area contributed by atoms with Crippen molar-refractivity contribution >= 4 is 11.6 Å². The summed E-state index contributed by atoms with van der Waals surface area (Å²) in [4.78, 5) is 15.7. The summed E-state index contributed by atoms with van der Waals surface area (Å²) in [6.45, 7) is 7.47. The number of nitrogens with two attached hydrogens (primary N) is 1. The molecule has 0 fully saturated rings. The Labute approximate surface area is 115 Å². The first kappa shape index (κ1) is 15.4. The van der Waals surface area contributed by atoms with E-state index in [1.807, 2.05) is 13.0 Å². The van der Waals surface area contributed by atoms with Gasteiger partial charge in [-0.1, -0.05) is 13.8 Å². The quantitative estimate of drug-likeness (QED) is 0.699. The van der Waals surface area contributed by atoms with Gasteiger partial charge in [0.15, 0.2) is 0 Å². The van der Waals surface area contributed by atoms with Gasteiger partial charge in [0.05, 0.1) is 0 Å². The van der Waals surface area contributed by atoms with Crippen LogP contribution in [-0.2, 0) is 0 Å². The molecule has 0 aliphatic heterocycles. The van der Waals surface area contributed by atoms with E-state index in [2.05, 4.69) is 29.5 Å². The van der Waals surface area contributed by atoms with Crippen molar-refractivity contribution in [1.82, 2.24) is 10.3 Å². The number of aromatic nitrogens is 1. The number of rotatable bonds is 7. The summed E-state index contributed by atoms with van der Waals surface area (Å²) in [7, 11) is 0. The van der Waals surface area contributed by atoms with E-state index in [-0.39, 0.29) is 11.9 Å². The summed E-state index contributed by atoms with van der Waals surface area (Å²) < 4.78 is 0. The third-order valence-electron chi connectivity index (χ3n) is 2.67. The molecule has 1 unspecified atom stereocenters. The van der Waals surface area contributed by atoms with Gasteiger partial charge in [-0.05, 0) is 31.4 Å². The van der Waals surface area contributed by atoms with Crippen LogP contribution in [0.3, 0.4) is 0 Å². The summed E-state index contributed by atoms with van der Waals surface area (Å²) in [5, 5.41) is 5.97. The number of pyridine rings is 1. The maximum atomic E-state index is 11.7. The zero-order chi connectivity index (χ0) is 14.3. The molecule has 1 aromatic heterocycles. The van der Waals surface area contributed by atoms with Gasteiger partial charge in [-0.15, -0.1) is 0 Å². The molecular formula is C14H24N4O. The van der Waals surface area contributed by atoms with Gasteiger partial charge in [0.1, 0.15) is 5.69 Å². The lowest BCUT2D eigenvalue weighted by molar-refractivity contribution is 0.0951. The van der Waals surface area contributed by atoms with Crippen LogP contribution < -0.4 is 16.4 Å². The lowest BCUT2D eigenvalue weighted by Gasteiger charge is -2.15. The van der Waals surface area contributed by atoms with E-state index in [0.717, 1.165) is 12.1 Å². The van der Waals surface area contributed by atoms with Crippen LogP contribution in [0.5, 0.6) is 0 Å². The van der Waals surface area contributed by atoms with Gasteiger partial charge in [-0.3, -0.25) is 9.78 Å². The Morgan fingerprint density at radius 1 is 1.47 bits per heavy atom. The molecule has 0 saturated carbocycles. The van der Waals surface area contributed by atoms with Crippen LogP contribution in [0, 0.1) is 5.92 Å². The van der Waals surface area contributed by atoms with Gasteiger partial charge in [0, 0.05) is 31.0 Å². The first-order valence-corrected chi connectivity index (χ1v) is 6.76. The number of amides is 1. The SMILES string of the molecule is CCNC(=O)c1cc(NCC(N)CC(C)C)ccn1. The fourth-order valence-electron chi connectivity index (χ4n) is 1.85. The van der Waals surface area contributed by atoms with E-state index in [9.17, 15) is 4.79 Å². The lowest BCUT2D eigenvalue weighted by atomic mass is 10.0. The monoisotopic (exact) mass is 264 g/mol. The number of hydrogen-bond acceptors (Lipinski definition) is 4. The second-order valence-corrected chi connectivity index (χ2v) is 5.06. The Balaban J connectivity index is 2.55. The highest BCUT2D eigenvalue weighted by molar-refractivity contribution is 5.93. The largest absolute Gasteiger partial charge is 0.383 e. The molecule has 1 aromatic rings. The molecule has 19 heavy (non-hydrogen) atoms. The average Bonchev–Trinajstić information content (AvgIpc) is 2.36. The Kier molecular flexibility index (Phi) is 6.29. The van der Waals surface area contributed by atoms with E-state index in [0.29, 0.717) is 24.7 Å². The molecule has 0 radical (unpaired) electrons. The van der Waals surface area contributed by atoms with Crippen molar-refractivity contribution in [2.45, 2.75) is 33.2 Å². The molecule has 5 heteroatoms. The van der Waals surface area contributed by atoms with Crippen LogP contribution in [0.15, 0.2) is 18.3 Å². The van der Waals surface area contributed by atoms with Gasteiger partial charge in [-0.2, -0.15) is 0 Å². The minimum Gasteiger partial charge on any atom is -0.383 e. The molecular weight excluding hydrogens is 240 g/mol. The van der Waals surface area contributed by atoms with Crippen molar-refractivity contribution < 1.29 is 4.79 Å². The van der Waals surface area contributed by atoms with Crippen LogP contribution >= 0.6 is 0 Å². The van der Waals surface area contributed by atoms with Gasteiger partial charge in [-0.25, -0.2) is 0 Å². The van der Waals surface area contributed by atoms with Crippen LogP contribution in [0.1, 0.15) is 37.7 Å². The molecule has 0 spiro atoms. The summed E-state index contributed by atoms with van der Waals surface area (Å²) >= 11 is 0. The zero-order valence-corrected chi connectivity index (χ0v) is 11.9. The molecule has 1 rings (SSSR count). The number of carbonyl (C=O) groups is 1. The minimum atomic E-state index is -0.155. The highest BCUT2D eigenvalue weighted by Crippen LogP contribution is 2.09. The molecule has 1 atom stereocenters. The molecule has 0 bridgehead atoms. The summed E-state index contributed by atoms with van der Waals surface area (Å²) in [5.74, 6) is 0.428. The standard InChI is InChI=1S/C14H24N4O/c1-4-16-14(19)13-8-12(5-6-17-13)18-9-11(15)7-10(2)3/h5-6,8,10-11H,4,7,9,15H2,1-3H3,(H,16,19)(H,17,18). The fourth-order valence-corrected chi connectivity index (χ4v) is 1.85. The van der Waals surface area contributed by atoms with Crippen LogP contribution in [-0.4, -0.2) is 30.0 Å². The predicted octanol–water partition coefficient (Wildman–Crippen LogP) is 1.62. The van der Waals surface area contributed by atoms with Crippen molar-refractivity contribution in [2.75, 3.05) is 18.4 Å². The van der Waals surface area contributed by atoms with Crippen LogP contribution in [0.25, 0.3) is 0 Å². The van der Waals surface area contributed by atoms with Gasteiger partial charge in [0.25, 0.3) is 5.91 Å². The number of hydrogen-bond donors (Lipinski definition) is 3. The predicted molar refractivity (Wildman–Crippen MR) is 78.2 cm³/mol. The Hall–Kier alpha value is -1.62. The van der Waals surface area contributed by atoms with Crippen molar-refractivity contribution in [3.05, 3.63) is 24.0 Å². The van der Waals surface area contributed by atoms with E-state index >= 15 is 0 Å². The molecule has 0 aromatic carbocycles. The van der Waals surface area contributed by atoms with Crippen molar-refractivity contribution in [2.24, 2.45) is 11.7 Å². The van der Waals surface area contributed by atoms with Gasteiger partial charge in [0.2, 0.25) is 0 Å². The van der Waals surface area contributed by atoms with Crippen molar-refractivity contribution in [3.8, 4) is 0 Å². The lowest BCUT2D eigenvalue weighted by Crippen LogP contribution is -2.30. The zero-order valence-electron chi connectivity index (χ0n) is 11.9. The van der Waals surface area contributed by atoms with E-state index in [4.69, 9.17) is 5.73 Å². The Bertz CT molecular complexity index is 406. The van der Waals surface area contributed by atoms with E-state index in [1.165, 1.54) is 0 Å². The molecule has 0 saturated heterocycles. The molecule has 1 heterocycles.